The minimum Gasteiger partial charge on any atom is -0.364 e. The molecule has 1 aromatic carbocycles. The first kappa shape index (κ1) is 12.1. The summed E-state index contributed by atoms with van der Waals surface area (Å²) in [4.78, 5) is 0. The van der Waals surface area contributed by atoms with Crippen LogP contribution in [0.3, 0.4) is 0 Å². The Balaban J connectivity index is 2.65. The predicted molar refractivity (Wildman–Crippen MR) is 66.5 cm³/mol. The molecule has 1 rings (SSSR count). The molecule has 6 heteroatoms. The Morgan fingerprint density at radius 2 is 2.33 bits per heavy atom. The van der Waals surface area contributed by atoms with Crippen LogP contribution in [0.25, 0.3) is 0 Å². The van der Waals surface area contributed by atoms with Gasteiger partial charge in [0.2, 0.25) is 0 Å². The van der Waals surface area contributed by atoms with Crippen molar-refractivity contribution >= 4 is 39.5 Å². The van der Waals surface area contributed by atoms with Crippen molar-refractivity contribution in [3.63, 3.8) is 0 Å². The summed E-state index contributed by atoms with van der Waals surface area (Å²) < 4.78 is 13.3. The molecule has 0 bridgehead atoms. The zero-order chi connectivity index (χ0) is 11.3. The van der Waals surface area contributed by atoms with Gasteiger partial charge < -0.3 is 5.32 Å². The summed E-state index contributed by atoms with van der Waals surface area (Å²) in [7, 11) is 1.69. The highest BCUT2D eigenvalue weighted by molar-refractivity contribution is 9.10. The highest BCUT2D eigenvalue weighted by Gasteiger charge is 1.97. The number of thiocarbonyl (C=S) groups is 1. The monoisotopic (exact) mass is 289 g/mol. The molecule has 0 radical (unpaired) electrons. The summed E-state index contributed by atoms with van der Waals surface area (Å²) in [5.74, 6) is -0.300. The van der Waals surface area contributed by atoms with E-state index in [1.165, 1.54) is 6.07 Å². The van der Waals surface area contributed by atoms with Crippen LogP contribution in [0.4, 0.5) is 4.39 Å². The third-order valence-electron chi connectivity index (χ3n) is 1.55. The van der Waals surface area contributed by atoms with Crippen LogP contribution in [-0.4, -0.2) is 18.4 Å². The fourth-order valence-electron chi connectivity index (χ4n) is 0.814. The Hall–Kier alpha value is -1.01. The molecular weight excluding hydrogens is 281 g/mol. The third-order valence-corrected chi connectivity index (χ3v) is 2.45. The number of nitrogens with zero attached hydrogens (tertiary/aromatic N) is 1. The first-order chi connectivity index (χ1) is 7.13. The smallest absolute Gasteiger partial charge is 0.186 e. The van der Waals surface area contributed by atoms with Crippen molar-refractivity contribution in [2.75, 3.05) is 7.05 Å². The van der Waals surface area contributed by atoms with Crippen molar-refractivity contribution in [2.24, 2.45) is 5.10 Å². The average molecular weight is 290 g/mol. The number of rotatable bonds is 2. The Bertz CT molecular complexity index is 395. The topological polar surface area (TPSA) is 36.4 Å². The summed E-state index contributed by atoms with van der Waals surface area (Å²) in [6.07, 6.45) is 1.55. The van der Waals surface area contributed by atoms with E-state index in [1.807, 2.05) is 0 Å². The maximum Gasteiger partial charge on any atom is 0.186 e. The molecule has 0 saturated heterocycles. The van der Waals surface area contributed by atoms with Gasteiger partial charge in [0.05, 0.1) is 10.7 Å². The summed E-state index contributed by atoms with van der Waals surface area (Å²) in [5.41, 5.74) is 3.37. The molecule has 2 N–H and O–H groups in total. The molecule has 0 aliphatic heterocycles. The lowest BCUT2D eigenvalue weighted by Crippen LogP contribution is -2.28. The quantitative estimate of drug-likeness (QED) is 0.497. The Kier molecular flexibility index (Phi) is 4.64. The maximum absolute atomic E-state index is 12.9. The Morgan fingerprint density at radius 3 is 2.93 bits per heavy atom. The molecule has 0 fully saturated rings. The summed E-state index contributed by atoms with van der Waals surface area (Å²) in [5, 5.41) is 6.99. The predicted octanol–water partition coefficient (Wildman–Crippen LogP) is 2.02. The molecule has 3 nitrogen and oxygen atoms in total. The second-order valence-electron chi connectivity index (χ2n) is 2.62. The number of hydrogen-bond acceptors (Lipinski definition) is 2. The summed E-state index contributed by atoms with van der Waals surface area (Å²) in [6, 6.07) is 4.61. The van der Waals surface area contributed by atoms with Crippen LogP contribution in [0, 0.1) is 5.82 Å². The average Bonchev–Trinajstić information content (AvgIpc) is 2.23. The molecule has 0 heterocycles. The zero-order valence-corrected chi connectivity index (χ0v) is 10.3. The van der Waals surface area contributed by atoms with Crippen LogP contribution in [0.5, 0.6) is 0 Å². The van der Waals surface area contributed by atoms with Crippen LogP contribution in [0.2, 0.25) is 0 Å². The van der Waals surface area contributed by atoms with Crippen LogP contribution in [0.15, 0.2) is 27.8 Å². The lowest BCUT2D eigenvalue weighted by Gasteiger charge is -2.00. The van der Waals surface area contributed by atoms with Gasteiger partial charge in [-0.3, -0.25) is 5.43 Å². The normalized spacial score (nSPS) is 10.3. The standard InChI is InChI=1S/C9H9BrFN3S/c1-12-9(15)14-13-5-6-2-3-8(11)7(10)4-6/h2-5H,1H3,(H2,12,14,15)/b13-5-. The third kappa shape index (κ3) is 3.93. The molecule has 0 unspecified atom stereocenters. The lowest BCUT2D eigenvalue weighted by molar-refractivity contribution is 0.621. The first-order valence-electron chi connectivity index (χ1n) is 4.09. The highest BCUT2D eigenvalue weighted by atomic mass is 79.9. The molecule has 0 amide bonds. The van der Waals surface area contributed by atoms with Gasteiger partial charge in [0.25, 0.3) is 0 Å². The van der Waals surface area contributed by atoms with Gasteiger partial charge in [-0.25, -0.2) is 4.39 Å². The molecule has 0 aliphatic rings. The maximum atomic E-state index is 12.9. The first-order valence-corrected chi connectivity index (χ1v) is 5.29. The molecular formula is C9H9BrFN3S. The molecule has 0 saturated carbocycles. The van der Waals surface area contributed by atoms with E-state index in [2.05, 4.69) is 31.8 Å². The van der Waals surface area contributed by atoms with Gasteiger partial charge in [0, 0.05) is 7.05 Å². The fourth-order valence-corrected chi connectivity index (χ4v) is 1.26. The van der Waals surface area contributed by atoms with Crippen molar-refractivity contribution in [3.8, 4) is 0 Å². The Labute approximate surface area is 101 Å². The summed E-state index contributed by atoms with van der Waals surface area (Å²) in [6.45, 7) is 0. The fraction of sp³-hybridized carbons (Fsp3) is 0.111. The minimum absolute atomic E-state index is 0.300. The molecule has 1 aromatic rings. The Morgan fingerprint density at radius 1 is 1.60 bits per heavy atom. The summed E-state index contributed by atoms with van der Waals surface area (Å²) >= 11 is 7.90. The molecule has 80 valence electrons. The highest BCUT2D eigenvalue weighted by Crippen LogP contribution is 2.15. The number of halogens is 2. The molecule has 0 aliphatic carbocycles. The minimum atomic E-state index is -0.300. The van der Waals surface area contributed by atoms with Gasteiger partial charge in [-0.15, -0.1) is 0 Å². The van der Waals surface area contributed by atoms with Crippen molar-refractivity contribution in [1.82, 2.24) is 10.7 Å². The largest absolute Gasteiger partial charge is 0.364 e. The van der Waals surface area contributed by atoms with Crippen molar-refractivity contribution in [1.29, 1.82) is 0 Å². The van der Waals surface area contributed by atoms with E-state index in [4.69, 9.17) is 12.2 Å². The van der Waals surface area contributed by atoms with Crippen molar-refractivity contribution in [3.05, 3.63) is 34.1 Å². The SMILES string of the molecule is CNC(=S)N/N=C\c1ccc(F)c(Br)c1. The molecule has 15 heavy (non-hydrogen) atoms. The van der Waals surface area contributed by atoms with Gasteiger partial charge in [0.15, 0.2) is 5.11 Å². The van der Waals surface area contributed by atoms with E-state index in [9.17, 15) is 4.39 Å². The molecule has 0 spiro atoms. The molecule has 0 atom stereocenters. The number of hydrazone groups is 1. The number of nitrogens with one attached hydrogen (secondary N) is 2. The van der Waals surface area contributed by atoms with Crippen LogP contribution in [0.1, 0.15) is 5.56 Å². The number of benzene rings is 1. The van der Waals surface area contributed by atoms with E-state index in [1.54, 1.807) is 25.4 Å². The van der Waals surface area contributed by atoms with Crippen molar-refractivity contribution < 1.29 is 4.39 Å². The van der Waals surface area contributed by atoms with Crippen LogP contribution >= 0.6 is 28.1 Å². The van der Waals surface area contributed by atoms with E-state index in [0.717, 1.165) is 5.56 Å². The lowest BCUT2D eigenvalue weighted by atomic mass is 10.2. The van der Waals surface area contributed by atoms with E-state index < -0.39 is 0 Å². The van der Waals surface area contributed by atoms with Gasteiger partial charge in [-0.05, 0) is 45.8 Å². The van der Waals surface area contributed by atoms with E-state index in [0.29, 0.717) is 9.59 Å². The number of hydrogen-bond donors (Lipinski definition) is 2. The van der Waals surface area contributed by atoms with E-state index >= 15 is 0 Å². The van der Waals surface area contributed by atoms with Gasteiger partial charge >= 0.3 is 0 Å². The molecule has 0 aromatic heterocycles. The second kappa shape index (κ2) is 5.77. The second-order valence-corrected chi connectivity index (χ2v) is 3.89. The zero-order valence-electron chi connectivity index (χ0n) is 7.92. The van der Waals surface area contributed by atoms with Gasteiger partial charge in [-0.1, -0.05) is 6.07 Å². The van der Waals surface area contributed by atoms with E-state index in [-0.39, 0.29) is 5.82 Å². The van der Waals surface area contributed by atoms with Crippen LogP contribution in [-0.2, 0) is 0 Å². The van der Waals surface area contributed by atoms with Gasteiger partial charge in [0.1, 0.15) is 5.82 Å². The van der Waals surface area contributed by atoms with Crippen molar-refractivity contribution in [2.45, 2.75) is 0 Å². The van der Waals surface area contributed by atoms with Gasteiger partial charge in [-0.2, -0.15) is 5.10 Å². The van der Waals surface area contributed by atoms with Crippen LogP contribution < -0.4 is 10.7 Å².